The van der Waals surface area contributed by atoms with E-state index in [1.54, 1.807) is 0 Å². The van der Waals surface area contributed by atoms with Crippen molar-refractivity contribution >= 4 is 6.29 Å². The Morgan fingerprint density at radius 1 is 1.47 bits per heavy atom. The van der Waals surface area contributed by atoms with Crippen LogP contribution in [0.25, 0.3) is 0 Å². The van der Waals surface area contributed by atoms with E-state index in [0.717, 1.165) is 6.08 Å². The van der Waals surface area contributed by atoms with Crippen LogP contribution >= 0.6 is 0 Å². The van der Waals surface area contributed by atoms with Gasteiger partial charge in [-0.05, 0) is 6.08 Å². The highest BCUT2D eigenvalue weighted by atomic mass is 19.1. The van der Waals surface area contributed by atoms with Crippen molar-refractivity contribution in [3.05, 3.63) is 44.2 Å². The van der Waals surface area contributed by atoms with Gasteiger partial charge in [0.05, 0.1) is 11.0 Å². The second-order valence-electron chi connectivity index (χ2n) is 2.86. The number of nitro groups is 2. The zero-order valence-corrected chi connectivity index (χ0v) is 7.20. The number of hydrogen-bond donors (Lipinski definition) is 0. The van der Waals surface area contributed by atoms with Crippen LogP contribution in [0, 0.1) is 20.2 Å². The number of alkyl halides is 1. The quantitative estimate of drug-likeness (QED) is 0.382. The highest BCUT2D eigenvalue weighted by Crippen LogP contribution is 2.25. The van der Waals surface area contributed by atoms with E-state index < -0.39 is 27.3 Å². The summed E-state index contributed by atoms with van der Waals surface area (Å²) in [5.74, 6) is 0. The molecule has 0 aromatic carbocycles. The standard InChI is InChI=1S/C7H5FN2O5/c8-7(4-11)2-1-5(9(12)13)3-6(7)10(14)15/h1-4,6H. The Labute approximate surface area is 82.2 Å². The van der Waals surface area contributed by atoms with Gasteiger partial charge in [0.2, 0.25) is 0 Å². The lowest BCUT2D eigenvalue weighted by Gasteiger charge is -2.18. The fourth-order valence-corrected chi connectivity index (χ4v) is 1.11. The molecule has 1 rings (SSSR count). The molecule has 0 N–H and O–H groups in total. The number of aldehydes is 1. The molecule has 8 heteroatoms. The zero-order valence-electron chi connectivity index (χ0n) is 7.20. The molecule has 15 heavy (non-hydrogen) atoms. The molecule has 80 valence electrons. The molecule has 2 atom stereocenters. The second-order valence-corrected chi connectivity index (χ2v) is 2.86. The Balaban J connectivity index is 3.16. The maximum absolute atomic E-state index is 13.5. The number of allylic oxidation sites excluding steroid dienone is 1. The third kappa shape index (κ3) is 1.87. The lowest BCUT2D eigenvalue weighted by Crippen LogP contribution is -2.43. The minimum Gasteiger partial charge on any atom is -0.299 e. The number of carbonyl (C=O) groups is 1. The van der Waals surface area contributed by atoms with Crippen LogP contribution in [0.3, 0.4) is 0 Å². The van der Waals surface area contributed by atoms with Crippen molar-refractivity contribution in [1.29, 1.82) is 0 Å². The molecule has 7 nitrogen and oxygen atoms in total. The molecule has 0 heterocycles. The normalized spacial score (nSPS) is 29.4. The summed E-state index contributed by atoms with van der Waals surface area (Å²) < 4.78 is 13.5. The average molecular weight is 216 g/mol. The van der Waals surface area contributed by atoms with Gasteiger partial charge in [-0.25, -0.2) is 4.39 Å². The molecule has 0 radical (unpaired) electrons. The van der Waals surface area contributed by atoms with Crippen molar-refractivity contribution in [3.63, 3.8) is 0 Å². The summed E-state index contributed by atoms with van der Waals surface area (Å²) in [5, 5.41) is 20.7. The average Bonchev–Trinajstić information content (AvgIpc) is 2.17. The van der Waals surface area contributed by atoms with Crippen molar-refractivity contribution in [3.8, 4) is 0 Å². The number of halogens is 1. The Hall–Kier alpha value is -2.12. The van der Waals surface area contributed by atoms with Gasteiger partial charge in [0, 0.05) is 11.0 Å². The van der Waals surface area contributed by atoms with E-state index in [4.69, 9.17) is 0 Å². The first-order chi connectivity index (χ1) is 6.90. The molecule has 0 fully saturated rings. The lowest BCUT2D eigenvalue weighted by molar-refractivity contribution is -0.523. The third-order valence-corrected chi connectivity index (χ3v) is 1.91. The van der Waals surface area contributed by atoms with E-state index >= 15 is 0 Å². The van der Waals surface area contributed by atoms with E-state index in [2.05, 4.69) is 0 Å². The van der Waals surface area contributed by atoms with Gasteiger partial charge in [0.15, 0.2) is 6.29 Å². The van der Waals surface area contributed by atoms with Crippen LogP contribution < -0.4 is 0 Å². The first-order valence-electron chi connectivity index (χ1n) is 3.75. The van der Waals surface area contributed by atoms with Gasteiger partial charge < -0.3 is 0 Å². The molecule has 0 saturated carbocycles. The maximum atomic E-state index is 13.5. The number of carbonyl (C=O) groups excluding carboxylic acids is 1. The van der Waals surface area contributed by atoms with Gasteiger partial charge in [-0.3, -0.25) is 25.0 Å². The Morgan fingerprint density at radius 3 is 2.47 bits per heavy atom. The first-order valence-corrected chi connectivity index (χ1v) is 3.75. The van der Waals surface area contributed by atoms with Gasteiger partial charge in [-0.15, -0.1) is 0 Å². The first kappa shape index (κ1) is 11.0. The summed E-state index contributed by atoms with van der Waals surface area (Å²) in [5.41, 5.74) is -3.42. The number of hydrogen-bond acceptors (Lipinski definition) is 5. The highest BCUT2D eigenvalue weighted by Gasteiger charge is 2.48. The fourth-order valence-electron chi connectivity index (χ4n) is 1.11. The van der Waals surface area contributed by atoms with Crippen LogP contribution in [0.15, 0.2) is 23.9 Å². The van der Waals surface area contributed by atoms with E-state index in [0.29, 0.717) is 12.2 Å². The van der Waals surface area contributed by atoms with Crippen molar-refractivity contribution in [2.24, 2.45) is 0 Å². The summed E-state index contributed by atoms with van der Waals surface area (Å²) in [6.45, 7) is 0. The predicted octanol–water partition coefficient (Wildman–Crippen LogP) is 0.269. The molecule has 0 amide bonds. The monoisotopic (exact) mass is 216 g/mol. The zero-order chi connectivity index (χ0) is 11.6. The fraction of sp³-hybridized carbons (Fsp3) is 0.286. The summed E-state index contributed by atoms with van der Waals surface area (Å²) in [7, 11) is 0. The van der Waals surface area contributed by atoms with Crippen LogP contribution in [-0.4, -0.2) is 27.8 Å². The van der Waals surface area contributed by atoms with E-state index in [1.807, 2.05) is 0 Å². The van der Waals surface area contributed by atoms with Crippen molar-refractivity contribution in [2.45, 2.75) is 11.7 Å². The Morgan fingerprint density at radius 2 is 2.07 bits per heavy atom. The summed E-state index contributed by atoms with van der Waals surface area (Å²) in [6, 6.07) is -2.06. The highest BCUT2D eigenvalue weighted by molar-refractivity contribution is 5.69. The molecule has 0 spiro atoms. The van der Waals surface area contributed by atoms with Crippen molar-refractivity contribution in [1.82, 2.24) is 0 Å². The van der Waals surface area contributed by atoms with Gasteiger partial charge >= 0.3 is 0 Å². The van der Waals surface area contributed by atoms with Crippen LogP contribution in [0.2, 0.25) is 0 Å². The molecule has 1 aliphatic carbocycles. The summed E-state index contributed by atoms with van der Waals surface area (Å²) in [4.78, 5) is 29.0. The van der Waals surface area contributed by atoms with E-state index in [-0.39, 0.29) is 6.29 Å². The Bertz CT molecular complexity index is 391. The molecular weight excluding hydrogens is 211 g/mol. The van der Waals surface area contributed by atoms with Crippen molar-refractivity contribution < 1.29 is 19.0 Å². The molecular formula is C7H5FN2O5. The second kappa shape index (κ2) is 3.56. The molecule has 0 saturated heterocycles. The van der Waals surface area contributed by atoms with Gasteiger partial charge in [-0.2, -0.15) is 0 Å². The molecule has 0 aromatic rings. The summed E-state index contributed by atoms with van der Waals surface area (Å²) >= 11 is 0. The SMILES string of the molecule is O=CC1(F)C=CC([N+](=O)[O-])=CC1[N+](=O)[O-]. The van der Waals surface area contributed by atoms with Crippen molar-refractivity contribution in [2.75, 3.05) is 0 Å². The van der Waals surface area contributed by atoms with Crippen LogP contribution in [0.1, 0.15) is 0 Å². The molecule has 2 unspecified atom stereocenters. The lowest BCUT2D eigenvalue weighted by atomic mass is 9.92. The predicted molar refractivity (Wildman–Crippen MR) is 44.9 cm³/mol. The molecule has 1 aliphatic rings. The van der Waals surface area contributed by atoms with Crippen LogP contribution in [-0.2, 0) is 4.79 Å². The molecule has 0 aliphatic heterocycles. The van der Waals surface area contributed by atoms with Gasteiger partial charge in [0.25, 0.3) is 17.4 Å². The smallest absolute Gasteiger partial charge is 0.282 e. The van der Waals surface area contributed by atoms with E-state index in [1.165, 1.54) is 0 Å². The van der Waals surface area contributed by atoms with Crippen LogP contribution in [0.4, 0.5) is 4.39 Å². The minimum absolute atomic E-state index is 0.246. The summed E-state index contributed by atoms with van der Waals surface area (Å²) in [6.07, 6.45) is 1.51. The van der Waals surface area contributed by atoms with E-state index in [9.17, 15) is 29.4 Å². The largest absolute Gasteiger partial charge is 0.299 e. The van der Waals surface area contributed by atoms with Crippen LogP contribution in [0.5, 0.6) is 0 Å². The topological polar surface area (TPSA) is 103 Å². The minimum atomic E-state index is -2.82. The molecule has 0 bridgehead atoms. The third-order valence-electron chi connectivity index (χ3n) is 1.91. The Kier molecular flexibility index (Phi) is 2.60. The maximum Gasteiger partial charge on any atom is 0.282 e. The van der Waals surface area contributed by atoms with Gasteiger partial charge in [-0.1, -0.05) is 0 Å². The number of nitrogens with zero attached hydrogens (tertiary/aromatic N) is 2. The van der Waals surface area contributed by atoms with Gasteiger partial charge in [0.1, 0.15) is 0 Å². The molecule has 0 aromatic heterocycles. The number of rotatable bonds is 3.